The summed E-state index contributed by atoms with van der Waals surface area (Å²) in [6.07, 6.45) is 0. The maximum Gasteiger partial charge on any atom is 0.271 e. The second-order valence-corrected chi connectivity index (χ2v) is 4.27. The monoisotopic (exact) mass is 249 g/mol. The fourth-order valence-corrected chi connectivity index (χ4v) is 1.86. The molecule has 0 aliphatic heterocycles. The Kier molecular flexibility index (Phi) is 3.24. The molecule has 2 rings (SSSR count). The van der Waals surface area contributed by atoms with Gasteiger partial charge in [0, 0.05) is 17.5 Å². The second kappa shape index (κ2) is 4.84. The van der Waals surface area contributed by atoms with E-state index >= 15 is 0 Å². The number of carbonyl (C=O) groups excluding carboxylic acids is 1. The van der Waals surface area contributed by atoms with E-state index in [2.05, 4.69) is 10.3 Å². The maximum absolute atomic E-state index is 11.6. The molecule has 1 heterocycles. The third kappa shape index (κ3) is 2.73. The van der Waals surface area contributed by atoms with Gasteiger partial charge in [-0.25, -0.2) is 4.98 Å². The number of nitrogen functional groups attached to an aromatic ring is 1. The molecule has 2 aromatic rings. The van der Waals surface area contributed by atoms with E-state index in [4.69, 9.17) is 5.73 Å². The third-order valence-corrected chi connectivity index (χ3v) is 2.86. The molecule has 0 radical (unpaired) electrons. The van der Waals surface area contributed by atoms with Gasteiger partial charge >= 0.3 is 0 Å². The van der Waals surface area contributed by atoms with E-state index in [1.165, 1.54) is 11.3 Å². The van der Waals surface area contributed by atoms with Crippen LogP contribution in [-0.2, 0) is 6.54 Å². The molecule has 0 saturated heterocycles. The normalized spacial score (nSPS) is 10.1. The number of rotatable bonds is 3. The highest BCUT2D eigenvalue weighted by Crippen LogP contribution is 2.15. The number of amides is 1. The number of hydrogen-bond acceptors (Lipinski definition) is 5. The number of aromatic nitrogens is 1. The molecule has 0 atom stereocenters. The van der Waals surface area contributed by atoms with E-state index in [-0.39, 0.29) is 18.2 Å². The van der Waals surface area contributed by atoms with Crippen LogP contribution in [0.25, 0.3) is 0 Å². The van der Waals surface area contributed by atoms with Crippen LogP contribution in [0.3, 0.4) is 0 Å². The number of carbonyl (C=O) groups is 1. The predicted octanol–water partition coefficient (Wildman–Crippen LogP) is 1.36. The van der Waals surface area contributed by atoms with Crippen LogP contribution in [0.4, 0.5) is 5.13 Å². The Morgan fingerprint density at radius 2 is 2.24 bits per heavy atom. The van der Waals surface area contributed by atoms with Crippen molar-refractivity contribution < 1.29 is 9.90 Å². The van der Waals surface area contributed by atoms with Crippen LogP contribution in [0.2, 0.25) is 0 Å². The van der Waals surface area contributed by atoms with Crippen LogP contribution in [0.1, 0.15) is 16.1 Å². The molecule has 0 saturated carbocycles. The van der Waals surface area contributed by atoms with Gasteiger partial charge in [0.2, 0.25) is 0 Å². The summed E-state index contributed by atoms with van der Waals surface area (Å²) < 4.78 is 0. The zero-order chi connectivity index (χ0) is 12.3. The first-order valence-corrected chi connectivity index (χ1v) is 5.81. The van der Waals surface area contributed by atoms with Crippen molar-refractivity contribution in [1.29, 1.82) is 0 Å². The first-order valence-electron chi connectivity index (χ1n) is 4.93. The lowest BCUT2D eigenvalue weighted by Gasteiger charge is -2.05. The molecular formula is C11H11N3O2S. The largest absolute Gasteiger partial charge is 0.508 e. The number of phenolic OH excluding ortho intramolecular Hbond substituents is 1. The van der Waals surface area contributed by atoms with Crippen molar-refractivity contribution in [2.45, 2.75) is 6.54 Å². The Labute approximate surface area is 102 Å². The molecule has 0 bridgehead atoms. The number of nitrogens with one attached hydrogen (secondary N) is 1. The van der Waals surface area contributed by atoms with Crippen molar-refractivity contribution in [2.24, 2.45) is 0 Å². The predicted molar refractivity (Wildman–Crippen MR) is 65.8 cm³/mol. The van der Waals surface area contributed by atoms with Crippen molar-refractivity contribution in [3.63, 3.8) is 0 Å². The molecule has 4 N–H and O–H groups in total. The molecule has 5 nitrogen and oxygen atoms in total. The van der Waals surface area contributed by atoms with Crippen molar-refractivity contribution in [1.82, 2.24) is 10.3 Å². The maximum atomic E-state index is 11.6. The zero-order valence-electron chi connectivity index (χ0n) is 8.88. The van der Waals surface area contributed by atoms with Gasteiger partial charge in [0.05, 0.1) is 0 Å². The minimum absolute atomic E-state index is 0.158. The Morgan fingerprint density at radius 1 is 1.47 bits per heavy atom. The van der Waals surface area contributed by atoms with Gasteiger partial charge in [-0.1, -0.05) is 18.2 Å². The highest BCUT2D eigenvalue weighted by atomic mass is 32.1. The summed E-state index contributed by atoms with van der Waals surface area (Å²) in [6, 6.07) is 6.83. The number of thiazole rings is 1. The van der Waals surface area contributed by atoms with Crippen molar-refractivity contribution >= 4 is 22.4 Å². The average Bonchev–Trinajstić information content (AvgIpc) is 2.74. The molecule has 1 aromatic carbocycles. The Morgan fingerprint density at radius 3 is 2.88 bits per heavy atom. The highest BCUT2D eigenvalue weighted by Gasteiger charge is 2.09. The summed E-state index contributed by atoms with van der Waals surface area (Å²) in [5.41, 5.74) is 6.39. The third-order valence-electron chi connectivity index (χ3n) is 2.19. The highest BCUT2D eigenvalue weighted by molar-refractivity contribution is 7.13. The standard InChI is InChI=1S/C11H11N3O2S/c12-11-14-8(6-17-11)10(16)13-5-7-3-1-2-4-9(7)15/h1-4,6,15H,5H2,(H2,12,14)(H,13,16). The fraction of sp³-hybridized carbons (Fsp3) is 0.0909. The number of hydrogen-bond donors (Lipinski definition) is 3. The van der Waals surface area contributed by atoms with E-state index in [1.807, 2.05) is 0 Å². The van der Waals surface area contributed by atoms with Crippen LogP contribution in [0, 0.1) is 0 Å². The van der Waals surface area contributed by atoms with E-state index in [0.29, 0.717) is 16.4 Å². The SMILES string of the molecule is Nc1nc(C(=O)NCc2ccccc2O)cs1. The number of anilines is 1. The van der Waals surface area contributed by atoms with Crippen LogP contribution >= 0.6 is 11.3 Å². The lowest BCUT2D eigenvalue weighted by molar-refractivity contribution is 0.0946. The molecule has 0 spiro atoms. The number of aromatic hydroxyl groups is 1. The minimum Gasteiger partial charge on any atom is -0.508 e. The summed E-state index contributed by atoms with van der Waals surface area (Å²) in [5, 5.41) is 14.1. The van der Waals surface area contributed by atoms with Crippen LogP contribution in [0.5, 0.6) is 5.75 Å². The molecular weight excluding hydrogens is 238 g/mol. The van der Waals surface area contributed by atoms with Crippen molar-refractivity contribution in [3.8, 4) is 5.75 Å². The minimum atomic E-state index is -0.304. The second-order valence-electron chi connectivity index (χ2n) is 3.38. The fourth-order valence-electron chi connectivity index (χ4n) is 1.32. The number of nitrogens with two attached hydrogens (primary N) is 1. The first kappa shape index (κ1) is 11.4. The van der Waals surface area contributed by atoms with E-state index in [0.717, 1.165) is 0 Å². The van der Waals surface area contributed by atoms with Gasteiger partial charge in [-0.05, 0) is 6.07 Å². The van der Waals surface area contributed by atoms with E-state index in [9.17, 15) is 9.90 Å². The van der Waals surface area contributed by atoms with Gasteiger partial charge in [-0.15, -0.1) is 11.3 Å². The Bertz CT molecular complexity index is 539. The van der Waals surface area contributed by atoms with Gasteiger partial charge in [0.25, 0.3) is 5.91 Å². The smallest absolute Gasteiger partial charge is 0.271 e. The van der Waals surface area contributed by atoms with Crippen molar-refractivity contribution in [2.75, 3.05) is 5.73 Å². The molecule has 1 aromatic heterocycles. The van der Waals surface area contributed by atoms with E-state index in [1.54, 1.807) is 29.6 Å². The molecule has 6 heteroatoms. The topological polar surface area (TPSA) is 88.2 Å². The van der Waals surface area contributed by atoms with Gasteiger partial charge in [-0.2, -0.15) is 0 Å². The van der Waals surface area contributed by atoms with Crippen molar-refractivity contribution in [3.05, 3.63) is 40.9 Å². The number of phenols is 1. The molecule has 17 heavy (non-hydrogen) atoms. The summed E-state index contributed by atoms with van der Waals surface area (Å²) in [5.74, 6) is -0.146. The number of benzene rings is 1. The molecule has 0 aliphatic carbocycles. The van der Waals surface area contributed by atoms with Crippen LogP contribution in [-0.4, -0.2) is 16.0 Å². The van der Waals surface area contributed by atoms with Gasteiger partial charge in [0.15, 0.2) is 5.13 Å². The summed E-state index contributed by atoms with van der Waals surface area (Å²) in [4.78, 5) is 15.5. The Hall–Kier alpha value is -2.08. The lowest BCUT2D eigenvalue weighted by atomic mass is 10.2. The molecule has 88 valence electrons. The first-order chi connectivity index (χ1) is 8.16. The molecule has 0 unspecified atom stereocenters. The zero-order valence-corrected chi connectivity index (χ0v) is 9.70. The average molecular weight is 249 g/mol. The molecule has 1 amide bonds. The summed E-state index contributed by atoms with van der Waals surface area (Å²) >= 11 is 1.21. The van der Waals surface area contributed by atoms with Gasteiger partial charge in [-0.3, -0.25) is 4.79 Å². The molecule has 0 aliphatic rings. The lowest BCUT2D eigenvalue weighted by Crippen LogP contribution is -2.23. The Balaban J connectivity index is 1.99. The summed E-state index contributed by atoms with van der Waals surface area (Å²) in [6.45, 7) is 0.253. The number of nitrogens with zero attached hydrogens (tertiary/aromatic N) is 1. The summed E-state index contributed by atoms with van der Waals surface area (Å²) in [7, 11) is 0. The molecule has 0 fully saturated rings. The van der Waals surface area contributed by atoms with Crippen LogP contribution in [0.15, 0.2) is 29.6 Å². The van der Waals surface area contributed by atoms with Gasteiger partial charge in [0.1, 0.15) is 11.4 Å². The quantitative estimate of drug-likeness (QED) is 0.766. The number of para-hydroxylation sites is 1. The van der Waals surface area contributed by atoms with Crippen LogP contribution < -0.4 is 11.1 Å². The van der Waals surface area contributed by atoms with E-state index < -0.39 is 0 Å². The van der Waals surface area contributed by atoms with Gasteiger partial charge < -0.3 is 16.2 Å².